The molecule has 3 rings (SSSR count). The Labute approximate surface area is 114 Å². The van der Waals surface area contributed by atoms with Gasteiger partial charge in [0.25, 0.3) is 0 Å². The number of carbonyl (C=O) groups excluding carboxylic acids is 1. The highest BCUT2D eigenvalue weighted by Crippen LogP contribution is 2.17. The number of nitrogens with zero attached hydrogens (tertiary/aromatic N) is 5. The van der Waals surface area contributed by atoms with E-state index in [0.29, 0.717) is 18.8 Å². The van der Waals surface area contributed by atoms with Crippen LogP contribution in [-0.4, -0.2) is 30.6 Å². The van der Waals surface area contributed by atoms with Crippen LogP contribution in [0.2, 0.25) is 0 Å². The predicted molar refractivity (Wildman–Crippen MR) is 71.0 cm³/mol. The number of amides is 1. The van der Waals surface area contributed by atoms with E-state index in [9.17, 15) is 4.79 Å². The molecule has 3 heterocycles. The number of hydrogen-bond acceptors (Lipinski definition) is 5. The average molecular weight is 274 g/mol. The summed E-state index contributed by atoms with van der Waals surface area (Å²) in [6.07, 6.45) is 3.47. The quantitative estimate of drug-likeness (QED) is 0.769. The van der Waals surface area contributed by atoms with E-state index in [1.165, 1.54) is 6.26 Å². The van der Waals surface area contributed by atoms with E-state index >= 15 is 0 Å². The molecule has 0 saturated carbocycles. The van der Waals surface area contributed by atoms with Crippen LogP contribution in [0.4, 0.5) is 5.82 Å². The van der Waals surface area contributed by atoms with Crippen molar-refractivity contribution in [2.45, 2.75) is 19.9 Å². The molecule has 0 aliphatic heterocycles. The fraction of sp³-hybridized carbons (Fsp3) is 0.333. The van der Waals surface area contributed by atoms with E-state index in [0.717, 1.165) is 16.7 Å². The van der Waals surface area contributed by atoms with Crippen LogP contribution in [0.25, 0.3) is 11.0 Å². The molecule has 1 amide bonds. The Morgan fingerprint density at radius 1 is 1.50 bits per heavy atom. The van der Waals surface area contributed by atoms with Crippen LogP contribution in [0.1, 0.15) is 12.1 Å². The van der Waals surface area contributed by atoms with Crippen molar-refractivity contribution < 1.29 is 9.32 Å². The topological polar surface area (TPSA) is 90.8 Å². The predicted octanol–water partition coefficient (Wildman–Crippen LogP) is 1.10. The van der Waals surface area contributed by atoms with Crippen molar-refractivity contribution in [3.63, 3.8) is 0 Å². The first-order valence-corrected chi connectivity index (χ1v) is 6.20. The van der Waals surface area contributed by atoms with Crippen molar-refractivity contribution in [1.29, 1.82) is 0 Å². The third-order valence-corrected chi connectivity index (χ3v) is 3.07. The van der Waals surface area contributed by atoms with E-state index in [1.807, 2.05) is 14.0 Å². The zero-order valence-corrected chi connectivity index (χ0v) is 11.2. The Morgan fingerprint density at radius 2 is 2.35 bits per heavy atom. The zero-order chi connectivity index (χ0) is 14.1. The average Bonchev–Trinajstić information content (AvgIpc) is 3.08. The summed E-state index contributed by atoms with van der Waals surface area (Å²) >= 11 is 0. The number of aromatic nitrogens is 5. The fourth-order valence-corrected chi connectivity index (χ4v) is 2.17. The van der Waals surface area contributed by atoms with Gasteiger partial charge in [0.15, 0.2) is 5.82 Å². The molecule has 104 valence electrons. The van der Waals surface area contributed by atoms with Crippen LogP contribution in [-0.2, 0) is 18.4 Å². The monoisotopic (exact) mass is 274 g/mol. The van der Waals surface area contributed by atoms with E-state index in [-0.39, 0.29) is 5.91 Å². The summed E-state index contributed by atoms with van der Waals surface area (Å²) in [5, 5.41) is 14.9. The lowest BCUT2D eigenvalue weighted by molar-refractivity contribution is -0.116. The molecule has 0 fully saturated rings. The Bertz CT molecular complexity index is 740. The molecule has 1 N–H and O–H groups in total. The first kappa shape index (κ1) is 12.4. The molecule has 0 spiro atoms. The van der Waals surface area contributed by atoms with Crippen LogP contribution >= 0.6 is 0 Å². The van der Waals surface area contributed by atoms with Gasteiger partial charge in [-0.1, -0.05) is 5.16 Å². The summed E-state index contributed by atoms with van der Waals surface area (Å²) < 4.78 is 8.22. The smallest absolute Gasteiger partial charge is 0.227 e. The summed E-state index contributed by atoms with van der Waals surface area (Å²) in [6, 6.07) is 1.59. The van der Waals surface area contributed by atoms with E-state index in [4.69, 9.17) is 0 Å². The minimum Gasteiger partial charge on any atom is -0.363 e. The molecule has 3 aromatic heterocycles. The van der Waals surface area contributed by atoms with Gasteiger partial charge in [-0.25, -0.2) is 0 Å². The second kappa shape index (κ2) is 4.80. The summed E-state index contributed by atoms with van der Waals surface area (Å²) in [7, 11) is 1.87. The lowest BCUT2D eigenvalue weighted by atomic mass is 10.3. The standard InChI is InChI=1S/C12H14N6O2/c1-8-12-9(17(2)15-8)7-13-18(12)5-3-11(19)14-10-4-6-20-16-10/h4,6-7H,3,5H2,1-2H3,(H,14,16,19). The fourth-order valence-electron chi connectivity index (χ4n) is 2.17. The molecular formula is C12H14N6O2. The molecule has 0 atom stereocenters. The van der Waals surface area contributed by atoms with Gasteiger partial charge in [0.2, 0.25) is 5.91 Å². The highest BCUT2D eigenvalue weighted by Gasteiger charge is 2.12. The van der Waals surface area contributed by atoms with Crippen LogP contribution in [0.15, 0.2) is 23.0 Å². The number of rotatable bonds is 4. The molecule has 8 heteroatoms. The normalized spacial score (nSPS) is 11.1. The largest absolute Gasteiger partial charge is 0.363 e. The van der Waals surface area contributed by atoms with Gasteiger partial charge >= 0.3 is 0 Å². The number of aryl methyl sites for hydroxylation is 3. The molecule has 0 unspecified atom stereocenters. The molecule has 3 aromatic rings. The zero-order valence-electron chi connectivity index (χ0n) is 11.2. The lowest BCUT2D eigenvalue weighted by Gasteiger charge is -2.03. The lowest BCUT2D eigenvalue weighted by Crippen LogP contribution is -2.15. The van der Waals surface area contributed by atoms with E-state index in [1.54, 1.807) is 21.6 Å². The molecule has 0 aliphatic carbocycles. The second-order valence-electron chi connectivity index (χ2n) is 4.49. The van der Waals surface area contributed by atoms with Crippen LogP contribution in [0.3, 0.4) is 0 Å². The van der Waals surface area contributed by atoms with Crippen LogP contribution in [0, 0.1) is 6.92 Å². The van der Waals surface area contributed by atoms with Crippen molar-refractivity contribution in [3.8, 4) is 0 Å². The second-order valence-corrected chi connectivity index (χ2v) is 4.49. The van der Waals surface area contributed by atoms with Crippen LogP contribution in [0.5, 0.6) is 0 Å². The molecule has 0 bridgehead atoms. The van der Waals surface area contributed by atoms with Crippen molar-refractivity contribution in [2.75, 3.05) is 5.32 Å². The maximum Gasteiger partial charge on any atom is 0.227 e. The van der Waals surface area contributed by atoms with Gasteiger partial charge in [0.05, 0.1) is 18.4 Å². The maximum absolute atomic E-state index is 11.8. The molecule has 0 aliphatic rings. The first-order chi connectivity index (χ1) is 9.65. The molecule has 0 aromatic carbocycles. The summed E-state index contributed by atoms with van der Waals surface area (Å²) in [5.41, 5.74) is 2.82. The highest BCUT2D eigenvalue weighted by atomic mass is 16.5. The Balaban J connectivity index is 1.69. The number of fused-ring (bicyclic) bond motifs is 1. The summed E-state index contributed by atoms with van der Waals surface area (Å²) in [4.78, 5) is 11.8. The molecule has 8 nitrogen and oxygen atoms in total. The third-order valence-electron chi connectivity index (χ3n) is 3.07. The van der Waals surface area contributed by atoms with Gasteiger partial charge in [-0.05, 0) is 6.92 Å². The SMILES string of the molecule is Cc1nn(C)c2cnn(CCC(=O)Nc3ccon3)c12. The minimum atomic E-state index is -0.135. The van der Waals surface area contributed by atoms with Gasteiger partial charge in [-0.3, -0.25) is 14.2 Å². The number of anilines is 1. The van der Waals surface area contributed by atoms with Gasteiger partial charge < -0.3 is 9.84 Å². The highest BCUT2D eigenvalue weighted by molar-refractivity contribution is 5.89. The number of hydrogen-bond donors (Lipinski definition) is 1. The minimum absolute atomic E-state index is 0.135. The molecule has 20 heavy (non-hydrogen) atoms. The van der Waals surface area contributed by atoms with Gasteiger partial charge in [-0.2, -0.15) is 10.2 Å². The van der Waals surface area contributed by atoms with Gasteiger partial charge in [0.1, 0.15) is 17.3 Å². The van der Waals surface area contributed by atoms with E-state index in [2.05, 4.69) is 25.2 Å². The number of nitrogens with one attached hydrogen (secondary N) is 1. The van der Waals surface area contributed by atoms with Gasteiger partial charge in [-0.15, -0.1) is 0 Å². The Morgan fingerprint density at radius 3 is 3.10 bits per heavy atom. The Hall–Kier alpha value is -2.64. The van der Waals surface area contributed by atoms with Crippen molar-refractivity contribution in [2.24, 2.45) is 7.05 Å². The van der Waals surface area contributed by atoms with Crippen molar-refractivity contribution >= 4 is 22.8 Å². The van der Waals surface area contributed by atoms with Crippen LogP contribution < -0.4 is 5.32 Å². The summed E-state index contributed by atoms with van der Waals surface area (Å²) in [6.45, 7) is 2.41. The van der Waals surface area contributed by atoms with Crippen molar-refractivity contribution in [1.82, 2.24) is 24.7 Å². The maximum atomic E-state index is 11.8. The molecule has 0 saturated heterocycles. The Kier molecular flexibility index (Phi) is 2.97. The first-order valence-electron chi connectivity index (χ1n) is 6.20. The molecular weight excluding hydrogens is 260 g/mol. The summed E-state index contributed by atoms with van der Waals surface area (Å²) in [5.74, 6) is 0.280. The molecule has 0 radical (unpaired) electrons. The van der Waals surface area contributed by atoms with Crippen molar-refractivity contribution in [3.05, 3.63) is 24.2 Å². The number of carbonyl (C=O) groups is 1. The van der Waals surface area contributed by atoms with Gasteiger partial charge in [0, 0.05) is 19.5 Å². The third kappa shape index (κ3) is 2.15. The van der Waals surface area contributed by atoms with E-state index < -0.39 is 0 Å².